The van der Waals surface area contributed by atoms with E-state index in [1.54, 1.807) is 0 Å². The van der Waals surface area contributed by atoms with Gasteiger partial charge in [-0.15, -0.1) is 0 Å². The fourth-order valence-corrected chi connectivity index (χ4v) is 6.63. The van der Waals surface area contributed by atoms with Gasteiger partial charge in [-0.3, -0.25) is 9.59 Å². The van der Waals surface area contributed by atoms with Gasteiger partial charge in [-0.1, -0.05) is 180 Å². The van der Waals surface area contributed by atoms with Crippen molar-refractivity contribution in [3.8, 4) is 0 Å². The second-order valence-electron chi connectivity index (χ2n) is 15.0. The fraction of sp³-hybridized carbons (Fsp3) is 0.909. The van der Waals surface area contributed by atoms with Crippen molar-refractivity contribution >= 4 is 11.9 Å². The molecule has 0 radical (unpaired) electrons. The molecule has 1 amide bonds. The molecule has 2 unspecified atom stereocenters. The topological polar surface area (TPSA) is 95.9 Å². The number of esters is 1. The zero-order valence-corrected chi connectivity index (χ0v) is 33.4. The Balaban J connectivity index is 3.52. The Hall–Kier alpha value is -1.40. The minimum Gasteiger partial charge on any atom is -0.466 e. The fourth-order valence-electron chi connectivity index (χ4n) is 6.63. The summed E-state index contributed by atoms with van der Waals surface area (Å²) < 4.78 is 5.41. The van der Waals surface area contributed by atoms with Crippen molar-refractivity contribution < 1.29 is 24.5 Å². The van der Waals surface area contributed by atoms with Gasteiger partial charge in [-0.05, 0) is 51.4 Å². The third kappa shape index (κ3) is 36.4. The van der Waals surface area contributed by atoms with Crippen LogP contribution in [0.25, 0.3) is 0 Å². The van der Waals surface area contributed by atoms with Gasteiger partial charge in [0, 0.05) is 12.8 Å². The van der Waals surface area contributed by atoms with Crippen LogP contribution < -0.4 is 5.32 Å². The van der Waals surface area contributed by atoms with Crippen LogP contribution in [-0.4, -0.2) is 47.4 Å². The Bertz CT molecular complexity index is 742. The maximum Gasteiger partial charge on any atom is 0.305 e. The molecule has 0 aromatic heterocycles. The van der Waals surface area contributed by atoms with Crippen LogP contribution in [0.4, 0.5) is 0 Å². The number of ether oxygens (including phenoxy) is 1. The summed E-state index contributed by atoms with van der Waals surface area (Å²) in [5, 5.41) is 23.0. The number of hydrogen-bond acceptors (Lipinski definition) is 5. The Morgan fingerprint density at radius 2 is 0.940 bits per heavy atom. The molecule has 296 valence electrons. The second-order valence-corrected chi connectivity index (χ2v) is 15.0. The summed E-state index contributed by atoms with van der Waals surface area (Å²) in [5.41, 5.74) is 0. The van der Waals surface area contributed by atoms with E-state index in [0.29, 0.717) is 25.9 Å². The molecule has 0 fully saturated rings. The van der Waals surface area contributed by atoms with E-state index in [0.717, 1.165) is 83.5 Å². The van der Waals surface area contributed by atoms with Gasteiger partial charge in [0.15, 0.2) is 0 Å². The molecule has 0 aromatic rings. The SMILES string of the molecule is CCCCCCCCCCCCCCC(=O)OCCCC/C=C\CCCCCCCC(=O)NC(CO)C(O)CCCCCCCCCCCC. The quantitative estimate of drug-likeness (QED) is 0.0335. The summed E-state index contributed by atoms with van der Waals surface area (Å²) in [5.74, 6) is -0.0975. The molecular formula is C44H85NO5. The zero-order valence-electron chi connectivity index (χ0n) is 33.4. The summed E-state index contributed by atoms with van der Waals surface area (Å²) in [6, 6.07) is -0.559. The van der Waals surface area contributed by atoms with Crippen molar-refractivity contribution in [3.63, 3.8) is 0 Å². The normalized spacial score (nSPS) is 12.8. The first-order chi connectivity index (χ1) is 24.5. The molecule has 0 bridgehead atoms. The number of amides is 1. The maximum absolute atomic E-state index is 12.4. The van der Waals surface area contributed by atoms with Crippen molar-refractivity contribution in [1.29, 1.82) is 0 Å². The van der Waals surface area contributed by atoms with Gasteiger partial charge >= 0.3 is 5.97 Å². The van der Waals surface area contributed by atoms with Crippen molar-refractivity contribution in [2.24, 2.45) is 0 Å². The van der Waals surface area contributed by atoms with E-state index in [9.17, 15) is 19.8 Å². The van der Waals surface area contributed by atoms with Gasteiger partial charge in [0.2, 0.25) is 5.91 Å². The number of aliphatic hydroxyl groups is 2. The lowest BCUT2D eigenvalue weighted by molar-refractivity contribution is -0.143. The first-order valence-electron chi connectivity index (χ1n) is 21.9. The molecule has 0 aromatic carbocycles. The Morgan fingerprint density at radius 1 is 0.540 bits per heavy atom. The van der Waals surface area contributed by atoms with Gasteiger partial charge in [0.25, 0.3) is 0 Å². The first kappa shape index (κ1) is 48.6. The third-order valence-corrected chi connectivity index (χ3v) is 10.1. The average molecular weight is 708 g/mol. The Kier molecular flexibility index (Phi) is 39.2. The number of unbranched alkanes of at least 4 members (excludes halogenated alkanes) is 27. The van der Waals surface area contributed by atoms with Crippen molar-refractivity contribution in [2.75, 3.05) is 13.2 Å². The summed E-state index contributed by atoms with van der Waals surface area (Å²) in [6.07, 6.45) is 43.1. The number of carbonyl (C=O) groups excluding carboxylic acids is 2. The first-order valence-corrected chi connectivity index (χ1v) is 21.9. The van der Waals surface area contributed by atoms with Gasteiger partial charge in [0.05, 0.1) is 25.4 Å². The molecule has 0 aliphatic rings. The van der Waals surface area contributed by atoms with Crippen molar-refractivity contribution in [1.82, 2.24) is 5.32 Å². The van der Waals surface area contributed by atoms with Crippen molar-refractivity contribution in [2.45, 2.75) is 244 Å². The lowest BCUT2D eigenvalue weighted by Crippen LogP contribution is -2.45. The summed E-state index contributed by atoms with van der Waals surface area (Å²) in [7, 11) is 0. The smallest absolute Gasteiger partial charge is 0.305 e. The third-order valence-electron chi connectivity index (χ3n) is 10.1. The molecular weight excluding hydrogens is 622 g/mol. The molecule has 0 heterocycles. The van der Waals surface area contributed by atoms with Crippen LogP contribution >= 0.6 is 0 Å². The monoisotopic (exact) mass is 708 g/mol. The molecule has 2 atom stereocenters. The van der Waals surface area contributed by atoms with Crippen LogP contribution in [0.3, 0.4) is 0 Å². The van der Waals surface area contributed by atoms with Crippen LogP contribution in [0.15, 0.2) is 12.2 Å². The van der Waals surface area contributed by atoms with E-state index in [1.165, 1.54) is 116 Å². The number of rotatable bonds is 40. The summed E-state index contributed by atoms with van der Waals surface area (Å²) in [6.45, 7) is 4.84. The van der Waals surface area contributed by atoms with Crippen LogP contribution in [0.5, 0.6) is 0 Å². The van der Waals surface area contributed by atoms with E-state index >= 15 is 0 Å². The van der Waals surface area contributed by atoms with Gasteiger partial charge in [0.1, 0.15) is 0 Å². The highest BCUT2D eigenvalue weighted by Gasteiger charge is 2.20. The Labute approximate surface area is 310 Å². The number of aliphatic hydroxyl groups excluding tert-OH is 2. The van der Waals surface area contributed by atoms with Crippen LogP contribution in [-0.2, 0) is 14.3 Å². The number of hydrogen-bond donors (Lipinski definition) is 3. The largest absolute Gasteiger partial charge is 0.466 e. The molecule has 0 aliphatic heterocycles. The van der Waals surface area contributed by atoms with Crippen LogP contribution in [0, 0.1) is 0 Å². The lowest BCUT2D eigenvalue weighted by Gasteiger charge is -2.22. The number of carbonyl (C=O) groups is 2. The minimum absolute atomic E-state index is 0.0313. The van der Waals surface area contributed by atoms with E-state index in [-0.39, 0.29) is 18.5 Å². The summed E-state index contributed by atoms with van der Waals surface area (Å²) in [4.78, 5) is 24.3. The average Bonchev–Trinajstić information content (AvgIpc) is 3.11. The molecule has 0 saturated heterocycles. The summed E-state index contributed by atoms with van der Waals surface area (Å²) >= 11 is 0. The minimum atomic E-state index is -0.678. The number of allylic oxidation sites excluding steroid dienone is 2. The van der Waals surface area contributed by atoms with Crippen molar-refractivity contribution in [3.05, 3.63) is 12.2 Å². The van der Waals surface area contributed by atoms with Crippen LogP contribution in [0.2, 0.25) is 0 Å². The second kappa shape index (κ2) is 40.4. The molecule has 0 saturated carbocycles. The maximum atomic E-state index is 12.4. The van der Waals surface area contributed by atoms with Gasteiger partial charge < -0.3 is 20.3 Å². The highest BCUT2D eigenvalue weighted by Crippen LogP contribution is 2.15. The van der Waals surface area contributed by atoms with E-state index in [1.807, 2.05) is 0 Å². The predicted molar refractivity (Wildman–Crippen MR) is 213 cm³/mol. The van der Waals surface area contributed by atoms with Gasteiger partial charge in [-0.25, -0.2) is 0 Å². The van der Waals surface area contributed by atoms with E-state index in [4.69, 9.17) is 4.74 Å². The Morgan fingerprint density at radius 3 is 1.42 bits per heavy atom. The molecule has 0 aliphatic carbocycles. The standard InChI is InChI=1S/C44H85NO5/c1-3-5-7-9-11-13-15-18-22-26-30-34-38-44(49)50-39-35-31-27-23-19-16-17-21-25-29-33-37-43(48)45-41(40-46)42(47)36-32-28-24-20-14-12-10-8-6-4-2/h19,23,41-42,46-47H,3-18,20-22,24-40H2,1-2H3,(H,45,48)/b23-19-. The predicted octanol–water partition coefficient (Wildman–Crippen LogP) is 12.2. The lowest BCUT2D eigenvalue weighted by atomic mass is 10.0. The molecule has 6 nitrogen and oxygen atoms in total. The molecule has 50 heavy (non-hydrogen) atoms. The van der Waals surface area contributed by atoms with Crippen LogP contribution in [0.1, 0.15) is 232 Å². The molecule has 3 N–H and O–H groups in total. The number of nitrogens with one attached hydrogen (secondary N) is 1. The van der Waals surface area contributed by atoms with E-state index in [2.05, 4.69) is 31.3 Å². The van der Waals surface area contributed by atoms with Gasteiger partial charge in [-0.2, -0.15) is 0 Å². The highest BCUT2D eigenvalue weighted by atomic mass is 16.5. The molecule has 0 spiro atoms. The van der Waals surface area contributed by atoms with E-state index < -0.39 is 12.1 Å². The molecule has 0 rings (SSSR count). The zero-order chi connectivity index (χ0) is 36.6. The molecule has 6 heteroatoms. The highest BCUT2D eigenvalue weighted by molar-refractivity contribution is 5.76.